The molecule has 0 saturated heterocycles. The first-order chi connectivity index (χ1) is 6.30. The van der Waals surface area contributed by atoms with Crippen molar-refractivity contribution in [2.24, 2.45) is 11.1 Å². The molecule has 0 saturated carbocycles. The Morgan fingerprint density at radius 2 is 1.87 bits per heavy atom. The molecule has 0 unspecified atom stereocenters. The minimum absolute atomic E-state index is 0. The number of carbonyl (C=O) groups excluding carboxylic acids is 1. The summed E-state index contributed by atoms with van der Waals surface area (Å²) in [7, 11) is 1.82. The fraction of sp³-hybridized carbons (Fsp3) is 0.909. The molecule has 0 aliphatic rings. The fourth-order valence-corrected chi connectivity index (χ4v) is 1.11. The van der Waals surface area contributed by atoms with Gasteiger partial charge in [-0.25, -0.2) is 0 Å². The maximum absolute atomic E-state index is 11.8. The van der Waals surface area contributed by atoms with Gasteiger partial charge in [0.2, 0.25) is 5.91 Å². The second-order valence-electron chi connectivity index (χ2n) is 4.96. The molecule has 0 spiro atoms. The third-order valence-corrected chi connectivity index (χ3v) is 2.42. The largest absolute Gasteiger partial charge is 0.344 e. The summed E-state index contributed by atoms with van der Waals surface area (Å²) in [6, 6.07) is -0.399. The number of unbranched alkanes of at least 4 members (excludes halogenated alkanes) is 1. The predicted molar refractivity (Wildman–Crippen MR) is 67.2 cm³/mol. The Kier molecular flexibility index (Phi) is 8.07. The highest BCUT2D eigenvalue weighted by atomic mass is 35.5. The van der Waals surface area contributed by atoms with Crippen LogP contribution in [0, 0.1) is 5.41 Å². The molecule has 0 radical (unpaired) electrons. The van der Waals surface area contributed by atoms with Crippen molar-refractivity contribution in [2.45, 2.75) is 46.6 Å². The Balaban J connectivity index is 0. The summed E-state index contributed by atoms with van der Waals surface area (Å²) in [5.41, 5.74) is 5.72. The van der Waals surface area contributed by atoms with Gasteiger partial charge in [0.15, 0.2) is 0 Å². The Hall–Kier alpha value is -0.280. The summed E-state index contributed by atoms with van der Waals surface area (Å²) < 4.78 is 0. The van der Waals surface area contributed by atoms with Gasteiger partial charge >= 0.3 is 0 Å². The van der Waals surface area contributed by atoms with Crippen LogP contribution in [0.25, 0.3) is 0 Å². The summed E-state index contributed by atoms with van der Waals surface area (Å²) in [6.45, 7) is 8.89. The molecule has 15 heavy (non-hydrogen) atoms. The van der Waals surface area contributed by atoms with Gasteiger partial charge in [0, 0.05) is 13.6 Å². The summed E-state index contributed by atoms with van der Waals surface area (Å²) in [4.78, 5) is 13.5. The number of nitrogens with zero attached hydrogens (tertiary/aromatic N) is 1. The van der Waals surface area contributed by atoms with E-state index in [-0.39, 0.29) is 23.7 Å². The van der Waals surface area contributed by atoms with Gasteiger partial charge in [-0.05, 0) is 11.8 Å². The van der Waals surface area contributed by atoms with Crippen molar-refractivity contribution in [2.75, 3.05) is 13.6 Å². The standard InChI is InChI=1S/C11H24N2O.ClH/c1-6-7-8-13(5)10(14)9(12)11(2,3)4;/h9H,6-8,12H2,1-5H3;1H/t9-;/m1./s1. The minimum Gasteiger partial charge on any atom is -0.344 e. The number of hydrogen-bond donors (Lipinski definition) is 1. The van der Waals surface area contributed by atoms with Crippen molar-refractivity contribution in [1.82, 2.24) is 4.90 Å². The SMILES string of the molecule is CCCCN(C)C(=O)[C@@H](N)C(C)(C)C.Cl. The maximum atomic E-state index is 11.8. The lowest BCUT2D eigenvalue weighted by atomic mass is 9.86. The number of nitrogens with two attached hydrogens (primary N) is 1. The zero-order chi connectivity index (χ0) is 11.4. The quantitative estimate of drug-likeness (QED) is 0.812. The molecular weight excluding hydrogens is 212 g/mol. The van der Waals surface area contributed by atoms with Crippen LogP contribution in [-0.2, 0) is 4.79 Å². The van der Waals surface area contributed by atoms with Gasteiger partial charge < -0.3 is 10.6 Å². The van der Waals surface area contributed by atoms with E-state index in [0.29, 0.717) is 0 Å². The van der Waals surface area contributed by atoms with E-state index < -0.39 is 6.04 Å². The summed E-state index contributed by atoms with van der Waals surface area (Å²) >= 11 is 0. The monoisotopic (exact) mass is 236 g/mol. The first kappa shape index (κ1) is 17.1. The Morgan fingerprint density at radius 1 is 1.40 bits per heavy atom. The average molecular weight is 237 g/mol. The first-order valence-electron chi connectivity index (χ1n) is 5.31. The van der Waals surface area contributed by atoms with E-state index in [1.807, 2.05) is 27.8 Å². The first-order valence-corrected chi connectivity index (χ1v) is 5.31. The van der Waals surface area contributed by atoms with Crippen molar-refractivity contribution in [3.63, 3.8) is 0 Å². The van der Waals surface area contributed by atoms with Crippen molar-refractivity contribution < 1.29 is 4.79 Å². The van der Waals surface area contributed by atoms with E-state index in [1.54, 1.807) is 4.90 Å². The second kappa shape index (κ2) is 7.07. The summed E-state index contributed by atoms with van der Waals surface area (Å²) in [5, 5.41) is 0. The van der Waals surface area contributed by atoms with Gasteiger partial charge in [-0.2, -0.15) is 0 Å². The molecule has 0 heterocycles. The molecule has 2 N–H and O–H groups in total. The topological polar surface area (TPSA) is 46.3 Å². The maximum Gasteiger partial charge on any atom is 0.239 e. The van der Waals surface area contributed by atoms with E-state index >= 15 is 0 Å². The molecule has 0 bridgehead atoms. The van der Waals surface area contributed by atoms with Gasteiger partial charge in [-0.15, -0.1) is 12.4 Å². The normalized spacial score (nSPS) is 12.9. The predicted octanol–water partition coefficient (Wildman–Crippen LogP) is 2.04. The van der Waals surface area contributed by atoms with Gasteiger partial charge in [0.1, 0.15) is 0 Å². The zero-order valence-corrected chi connectivity index (χ0v) is 11.4. The van der Waals surface area contributed by atoms with Crippen LogP contribution in [0.4, 0.5) is 0 Å². The Bertz CT molecular complexity index is 190. The molecule has 3 nitrogen and oxygen atoms in total. The molecule has 4 heteroatoms. The molecule has 0 aromatic heterocycles. The van der Waals surface area contributed by atoms with Gasteiger partial charge in [0.05, 0.1) is 6.04 Å². The van der Waals surface area contributed by atoms with Crippen LogP contribution in [0.5, 0.6) is 0 Å². The molecule has 1 amide bonds. The summed E-state index contributed by atoms with van der Waals surface area (Å²) in [5.74, 6) is 0.0472. The van der Waals surface area contributed by atoms with E-state index in [1.165, 1.54) is 0 Å². The van der Waals surface area contributed by atoms with Gasteiger partial charge in [-0.1, -0.05) is 34.1 Å². The van der Waals surface area contributed by atoms with Crippen LogP contribution >= 0.6 is 12.4 Å². The third-order valence-electron chi connectivity index (χ3n) is 2.42. The summed E-state index contributed by atoms with van der Waals surface area (Å²) in [6.07, 6.45) is 2.14. The third kappa shape index (κ3) is 6.00. The smallest absolute Gasteiger partial charge is 0.239 e. The highest BCUT2D eigenvalue weighted by molar-refractivity contribution is 5.85. The molecular formula is C11H25ClN2O. The molecule has 0 aromatic carbocycles. The number of carbonyl (C=O) groups is 1. The van der Waals surface area contributed by atoms with E-state index in [2.05, 4.69) is 6.92 Å². The Morgan fingerprint density at radius 3 is 2.20 bits per heavy atom. The lowest BCUT2D eigenvalue weighted by Crippen LogP contribution is -2.49. The second-order valence-corrected chi connectivity index (χ2v) is 4.96. The number of amides is 1. The van der Waals surface area contributed by atoms with Crippen LogP contribution in [0.1, 0.15) is 40.5 Å². The van der Waals surface area contributed by atoms with Gasteiger partial charge in [0.25, 0.3) is 0 Å². The highest BCUT2D eigenvalue weighted by Gasteiger charge is 2.29. The van der Waals surface area contributed by atoms with Crippen molar-refractivity contribution in [3.8, 4) is 0 Å². The van der Waals surface area contributed by atoms with E-state index in [9.17, 15) is 4.79 Å². The fourth-order valence-electron chi connectivity index (χ4n) is 1.11. The van der Waals surface area contributed by atoms with Crippen LogP contribution in [0.15, 0.2) is 0 Å². The molecule has 0 aliphatic heterocycles. The number of rotatable bonds is 4. The average Bonchev–Trinajstić information content (AvgIpc) is 2.10. The molecule has 0 aliphatic carbocycles. The van der Waals surface area contributed by atoms with Crippen LogP contribution in [0.3, 0.4) is 0 Å². The van der Waals surface area contributed by atoms with Crippen LogP contribution < -0.4 is 5.73 Å². The van der Waals surface area contributed by atoms with Crippen molar-refractivity contribution in [3.05, 3.63) is 0 Å². The lowest BCUT2D eigenvalue weighted by molar-refractivity contribution is -0.133. The van der Waals surface area contributed by atoms with E-state index in [0.717, 1.165) is 19.4 Å². The number of halogens is 1. The molecule has 92 valence electrons. The molecule has 1 atom stereocenters. The Labute approximate surface area is 99.8 Å². The molecule has 0 rings (SSSR count). The van der Waals surface area contributed by atoms with Crippen molar-refractivity contribution >= 4 is 18.3 Å². The van der Waals surface area contributed by atoms with Gasteiger partial charge in [-0.3, -0.25) is 4.79 Å². The number of likely N-dealkylation sites (N-methyl/N-ethyl adjacent to an activating group) is 1. The minimum atomic E-state index is -0.399. The molecule has 0 aromatic rings. The van der Waals surface area contributed by atoms with Crippen LogP contribution in [-0.4, -0.2) is 30.4 Å². The zero-order valence-electron chi connectivity index (χ0n) is 10.5. The van der Waals surface area contributed by atoms with Crippen molar-refractivity contribution in [1.29, 1.82) is 0 Å². The molecule has 0 fully saturated rings. The van der Waals surface area contributed by atoms with E-state index in [4.69, 9.17) is 5.73 Å². The number of hydrogen-bond acceptors (Lipinski definition) is 2. The highest BCUT2D eigenvalue weighted by Crippen LogP contribution is 2.18. The van der Waals surface area contributed by atoms with Crippen LogP contribution in [0.2, 0.25) is 0 Å². The lowest BCUT2D eigenvalue weighted by Gasteiger charge is -2.29.